The van der Waals surface area contributed by atoms with Crippen LogP contribution in [0.1, 0.15) is 31.7 Å². The number of rotatable bonds is 6. The van der Waals surface area contributed by atoms with Crippen LogP contribution in [0.2, 0.25) is 0 Å². The molecule has 2 rings (SSSR count). The van der Waals surface area contributed by atoms with Gasteiger partial charge < -0.3 is 9.88 Å². The zero-order valence-electron chi connectivity index (χ0n) is 11.2. The maximum atomic E-state index is 4.38. The minimum absolute atomic E-state index is 0.779. The smallest absolute Gasteiger partial charge is 0.128 e. The van der Waals surface area contributed by atoms with Crippen molar-refractivity contribution in [1.29, 1.82) is 0 Å². The van der Waals surface area contributed by atoms with Gasteiger partial charge in [-0.15, -0.1) is 0 Å². The van der Waals surface area contributed by atoms with Gasteiger partial charge in [0.05, 0.1) is 6.54 Å². The zero-order valence-corrected chi connectivity index (χ0v) is 11.2. The molecule has 1 aromatic carbocycles. The average Bonchev–Trinajstić information content (AvgIpc) is 2.85. The Balaban J connectivity index is 2.06. The number of anilines is 1. The molecule has 0 fully saturated rings. The van der Waals surface area contributed by atoms with E-state index in [1.807, 2.05) is 12.4 Å². The number of nitrogens with zero attached hydrogens (tertiary/aromatic N) is 2. The molecular formula is C15H21N3. The molecule has 3 heteroatoms. The van der Waals surface area contributed by atoms with Crippen molar-refractivity contribution < 1.29 is 0 Å². The summed E-state index contributed by atoms with van der Waals surface area (Å²) in [5.41, 5.74) is 2.61. The van der Waals surface area contributed by atoms with Crippen LogP contribution in [-0.2, 0) is 19.5 Å². The summed E-state index contributed by atoms with van der Waals surface area (Å²) in [6, 6.07) is 8.51. The summed E-state index contributed by atoms with van der Waals surface area (Å²) in [5, 5.41) is 3.49. The first-order valence-corrected chi connectivity index (χ1v) is 6.67. The largest absolute Gasteiger partial charge is 0.378 e. The van der Waals surface area contributed by atoms with E-state index in [-0.39, 0.29) is 0 Å². The third-order valence-electron chi connectivity index (χ3n) is 3.12. The van der Waals surface area contributed by atoms with Gasteiger partial charge in [-0.2, -0.15) is 0 Å². The Morgan fingerprint density at radius 2 is 2.06 bits per heavy atom. The Morgan fingerprint density at radius 1 is 1.22 bits per heavy atom. The predicted octanol–water partition coefficient (Wildman–Crippen LogP) is 3.47. The molecule has 0 saturated heterocycles. The first kappa shape index (κ1) is 12.7. The molecule has 2 aromatic rings. The summed E-state index contributed by atoms with van der Waals surface area (Å²) in [5.74, 6) is 1.09. The second-order valence-electron chi connectivity index (χ2n) is 4.39. The van der Waals surface area contributed by atoms with Crippen molar-refractivity contribution >= 4 is 5.69 Å². The highest BCUT2D eigenvalue weighted by atomic mass is 15.1. The lowest BCUT2D eigenvalue weighted by Crippen LogP contribution is -2.08. The van der Waals surface area contributed by atoms with Crippen LogP contribution in [0.4, 0.5) is 5.69 Å². The van der Waals surface area contributed by atoms with Crippen LogP contribution in [-0.4, -0.2) is 9.55 Å². The van der Waals surface area contributed by atoms with Crippen LogP contribution in [0.25, 0.3) is 0 Å². The minimum Gasteiger partial charge on any atom is -0.378 e. The Hall–Kier alpha value is -1.77. The first-order valence-electron chi connectivity index (χ1n) is 6.67. The summed E-state index contributed by atoms with van der Waals surface area (Å²) in [6.07, 6.45) is 6.17. The number of benzene rings is 1. The fourth-order valence-corrected chi connectivity index (χ4v) is 2.15. The van der Waals surface area contributed by atoms with Gasteiger partial charge in [-0.05, 0) is 25.0 Å². The van der Waals surface area contributed by atoms with E-state index in [9.17, 15) is 0 Å². The van der Waals surface area contributed by atoms with Gasteiger partial charge in [-0.3, -0.25) is 0 Å². The molecule has 1 N–H and O–H groups in total. The van der Waals surface area contributed by atoms with Gasteiger partial charge in [-0.1, -0.05) is 31.5 Å². The molecule has 0 aliphatic heterocycles. The number of hydrogen-bond donors (Lipinski definition) is 1. The van der Waals surface area contributed by atoms with Crippen LogP contribution in [0.5, 0.6) is 0 Å². The molecule has 18 heavy (non-hydrogen) atoms. The number of nitrogens with one attached hydrogen (secondary N) is 1. The fraction of sp³-hybridized carbons (Fsp3) is 0.400. The Morgan fingerprint density at radius 3 is 2.83 bits per heavy atom. The third-order valence-corrected chi connectivity index (χ3v) is 3.12. The predicted molar refractivity (Wildman–Crippen MR) is 75.7 cm³/mol. The molecule has 0 aliphatic carbocycles. The molecule has 0 saturated carbocycles. The number of imidazole rings is 1. The van der Waals surface area contributed by atoms with Crippen LogP contribution < -0.4 is 5.32 Å². The van der Waals surface area contributed by atoms with Gasteiger partial charge in [0.1, 0.15) is 5.82 Å². The highest BCUT2D eigenvalue weighted by molar-refractivity contribution is 5.51. The van der Waals surface area contributed by atoms with Crippen molar-refractivity contribution in [2.45, 2.75) is 39.8 Å². The second-order valence-corrected chi connectivity index (χ2v) is 4.39. The molecule has 1 aromatic heterocycles. The number of hydrogen-bond acceptors (Lipinski definition) is 2. The average molecular weight is 243 g/mol. The van der Waals surface area contributed by atoms with E-state index in [4.69, 9.17) is 0 Å². The van der Waals surface area contributed by atoms with E-state index in [1.165, 1.54) is 17.7 Å². The summed E-state index contributed by atoms with van der Waals surface area (Å²) < 4.78 is 2.16. The highest BCUT2D eigenvalue weighted by Gasteiger charge is 2.03. The van der Waals surface area contributed by atoms with Crippen LogP contribution in [0.3, 0.4) is 0 Å². The van der Waals surface area contributed by atoms with Crippen LogP contribution in [0.15, 0.2) is 36.7 Å². The molecule has 0 aliphatic rings. The maximum absolute atomic E-state index is 4.38. The van der Waals surface area contributed by atoms with E-state index in [0.29, 0.717) is 0 Å². The van der Waals surface area contributed by atoms with Gasteiger partial charge in [0.25, 0.3) is 0 Å². The molecule has 0 atom stereocenters. The maximum Gasteiger partial charge on any atom is 0.128 e. The zero-order chi connectivity index (χ0) is 12.8. The lowest BCUT2D eigenvalue weighted by Gasteiger charge is -2.12. The quantitative estimate of drug-likeness (QED) is 0.842. The van der Waals surface area contributed by atoms with E-state index in [1.54, 1.807) is 0 Å². The lowest BCUT2D eigenvalue weighted by atomic mass is 10.1. The van der Waals surface area contributed by atoms with Gasteiger partial charge in [-0.25, -0.2) is 4.98 Å². The molecule has 3 nitrogen and oxygen atoms in total. The minimum atomic E-state index is 0.779. The molecular weight excluding hydrogens is 222 g/mol. The molecule has 0 unspecified atom stereocenters. The van der Waals surface area contributed by atoms with Crippen molar-refractivity contribution in [1.82, 2.24) is 9.55 Å². The number of aromatic nitrogens is 2. The van der Waals surface area contributed by atoms with Gasteiger partial charge in [0.15, 0.2) is 0 Å². The monoisotopic (exact) mass is 243 g/mol. The molecule has 0 spiro atoms. The number of aryl methyl sites for hydroxylation is 2. The molecule has 1 heterocycles. The van der Waals surface area contributed by atoms with E-state index in [0.717, 1.165) is 25.3 Å². The van der Waals surface area contributed by atoms with Gasteiger partial charge in [0, 0.05) is 24.6 Å². The fourth-order valence-electron chi connectivity index (χ4n) is 2.15. The van der Waals surface area contributed by atoms with E-state index < -0.39 is 0 Å². The third kappa shape index (κ3) is 2.92. The SMILES string of the molecule is CCCc1ccccc1NCc1nccn1CC. The van der Waals surface area contributed by atoms with Crippen LogP contribution in [0, 0.1) is 0 Å². The first-order chi connectivity index (χ1) is 8.85. The summed E-state index contributed by atoms with van der Waals surface area (Å²) in [7, 11) is 0. The summed E-state index contributed by atoms with van der Waals surface area (Å²) in [6.45, 7) is 6.09. The Labute approximate surface area is 109 Å². The summed E-state index contributed by atoms with van der Waals surface area (Å²) >= 11 is 0. The van der Waals surface area contributed by atoms with Crippen molar-refractivity contribution in [3.63, 3.8) is 0 Å². The Kier molecular flexibility index (Phi) is 4.40. The van der Waals surface area contributed by atoms with Crippen molar-refractivity contribution in [2.75, 3.05) is 5.32 Å². The van der Waals surface area contributed by atoms with E-state index in [2.05, 4.69) is 53.0 Å². The topological polar surface area (TPSA) is 29.9 Å². The van der Waals surface area contributed by atoms with Crippen molar-refractivity contribution in [3.8, 4) is 0 Å². The van der Waals surface area contributed by atoms with E-state index >= 15 is 0 Å². The summed E-state index contributed by atoms with van der Waals surface area (Å²) in [4.78, 5) is 4.38. The number of para-hydroxylation sites is 1. The second kappa shape index (κ2) is 6.24. The molecule has 0 bridgehead atoms. The van der Waals surface area contributed by atoms with Gasteiger partial charge in [0.2, 0.25) is 0 Å². The molecule has 0 radical (unpaired) electrons. The van der Waals surface area contributed by atoms with Crippen molar-refractivity contribution in [3.05, 3.63) is 48.0 Å². The highest BCUT2D eigenvalue weighted by Crippen LogP contribution is 2.17. The van der Waals surface area contributed by atoms with Crippen molar-refractivity contribution in [2.24, 2.45) is 0 Å². The molecule has 0 amide bonds. The van der Waals surface area contributed by atoms with Crippen LogP contribution >= 0.6 is 0 Å². The standard InChI is InChI=1S/C15H21N3/c1-3-7-13-8-5-6-9-14(13)17-12-15-16-10-11-18(15)4-2/h5-6,8-11,17H,3-4,7,12H2,1-2H3. The normalized spacial score (nSPS) is 10.6. The Bertz CT molecular complexity index is 488. The lowest BCUT2D eigenvalue weighted by molar-refractivity contribution is 0.707. The van der Waals surface area contributed by atoms with Gasteiger partial charge >= 0.3 is 0 Å². The molecule has 96 valence electrons.